The number of aromatic nitrogens is 3. The third-order valence-corrected chi connectivity index (χ3v) is 7.36. The number of nitrogens with zero attached hydrogens (tertiary/aromatic N) is 4. The van der Waals surface area contributed by atoms with Crippen LogP contribution in [0.4, 0.5) is 10.1 Å². The van der Waals surface area contributed by atoms with Gasteiger partial charge in [0.15, 0.2) is 5.16 Å². The molecule has 0 aliphatic carbocycles. The van der Waals surface area contributed by atoms with E-state index in [-0.39, 0.29) is 5.82 Å². The molecule has 0 spiro atoms. The molecule has 4 rings (SSSR count). The van der Waals surface area contributed by atoms with Gasteiger partial charge in [0.25, 0.3) is 0 Å². The van der Waals surface area contributed by atoms with Crippen LogP contribution < -0.4 is 4.90 Å². The van der Waals surface area contributed by atoms with Crippen molar-refractivity contribution in [2.75, 3.05) is 43.4 Å². The topological polar surface area (TPSA) is 48.1 Å². The lowest BCUT2D eigenvalue weighted by molar-refractivity contribution is 0.273. The molecule has 1 aliphatic rings. The first-order valence-electron chi connectivity index (χ1n) is 10.1. The first kappa shape index (κ1) is 21.2. The molecule has 30 heavy (non-hydrogen) atoms. The van der Waals surface area contributed by atoms with E-state index in [4.69, 9.17) is 0 Å². The van der Waals surface area contributed by atoms with Gasteiger partial charge < -0.3 is 9.88 Å². The van der Waals surface area contributed by atoms with Crippen LogP contribution in [0.5, 0.6) is 0 Å². The van der Waals surface area contributed by atoms with Crippen LogP contribution >= 0.6 is 23.5 Å². The molecule has 1 N–H and O–H groups in total. The minimum Gasteiger partial charge on any atom is -0.369 e. The predicted molar refractivity (Wildman–Crippen MR) is 123 cm³/mol. The van der Waals surface area contributed by atoms with E-state index in [9.17, 15) is 4.39 Å². The summed E-state index contributed by atoms with van der Waals surface area (Å²) in [5, 5.41) is 0.925. The van der Waals surface area contributed by atoms with Crippen molar-refractivity contribution in [1.29, 1.82) is 0 Å². The summed E-state index contributed by atoms with van der Waals surface area (Å²) in [6, 6.07) is 8.94. The van der Waals surface area contributed by atoms with Crippen molar-refractivity contribution in [3.63, 3.8) is 0 Å². The fraction of sp³-hybridized carbons (Fsp3) is 0.364. The number of anilines is 1. The smallest absolute Gasteiger partial charge is 0.165 e. The fourth-order valence-corrected chi connectivity index (χ4v) is 5.41. The van der Waals surface area contributed by atoms with Crippen molar-refractivity contribution in [3.05, 3.63) is 66.0 Å². The average molecular weight is 444 g/mol. The van der Waals surface area contributed by atoms with Crippen LogP contribution in [-0.2, 0) is 5.75 Å². The van der Waals surface area contributed by atoms with E-state index >= 15 is 0 Å². The lowest BCUT2D eigenvalue weighted by Crippen LogP contribution is -2.47. The van der Waals surface area contributed by atoms with E-state index in [0.717, 1.165) is 60.8 Å². The minimum atomic E-state index is -0.177. The number of thioether (sulfide) groups is 2. The summed E-state index contributed by atoms with van der Waals surface area (Å²) < 4.78 is 13.1. The summed E-state index contributed by atoms with van der Waals surface area (Å²) >= 11 is 3.58. The van der Waals surface area contributed by atoms with Gasteiger partial charge in [0.2, 0.25) is 0 Å². The van der Waals surface area contributed by atoms with Crippen LogP contribution in [0, 0.1) is 12.7 Å². The monoisotopic (exact) mass is 443 g/mol. The average Bonchev–Trinajstić information content (AvgIpc) is 3.29. The first-order chi connectivity index (χ1) is 14.7. The third kappa shape index (κ3) is 5.56. The van der Waals surface area contributed by atoms with E-state index in [1.54, 1.807) is 18.0 Å². The van der Waals surface area contributed by atoms with Crippen LogP contribution in [-0.4, -0.2) is 58.3 Å². The lowest BCUT2D eigenvalue weighted by Gasteiger charge is -2.36. The van der Waals surface area contributed by atoms with Gasteiger partial charge in [-0.3, -0.25) is 9.88 Å². The summed E-state index contributed by atoms with van der Waals surface area (Å²) in [5.74, 6) is 1.70. The molecule has 1 aromatic carbocycles. The van der Waals surface area contributed by atoms with Crippen molar-refractivity contribution < 1.29 is 4.39 Å². The standard InChI is InChI=1S/C22H26FN5S2/c1-17-20(16-30-22-25-8-9-26-22)24-7-6-21(17)29-15-14-27-10-12-28(13-11-27)19-4-2-18(23)3-5-19/h2-9H,10-16H2,1H3,(H,25,26). The molecule has 0 unspecified atom stereocenters. The van der Waals surface area contributed by atoms with Gasteiger partial charge in [0, 0.05) is 73.4 Å². The molecule has 2 aromatic heterocycles. The third-order valence-electron chi connectivity index (χ3n) is 5.31. The summed E-state index contributed by atoms with van der Waals surface area (Å²) in [6.45, 7) is 7.28. The molecule has 8 heteroatoms. The molecular weight excluding hydrogens is 417 g/mol. The molecule has 1 aliphatic heterocycles. The second-order valence-corrected chi connectivity index (χ2v) is 9.32. The Labute approximate surface area is 185 Å². The Morgan fingerprint density at radius 1 is 1.00 bits per heavy atom. The maximum absolute atomic E-state index is 13.1. The highest BCUT2D eigenvalue weighted by molar-refractivity contribution is 7.99. The first-order valence-corrected chi connectivity index (χ1v) is 12.1. The number of rotatable bonds is 8. The number of pyridine rings is 1. The minimum absolute atomic E-state index is 0.177. The van der Waals surface area contributed by atoms with E-state index < -0.39 is 0 Å². The Morgan fingerprint density at radius 3 is 2.53 bits per heavy atom. The molecule has 3 heterocycles. The van der Waals surface area contributed by atoms with Gasteiger partial charge in [-0.2, -0.15) is 0 Å². The van der Waals surface area contributed by atoms with Crippen molar-refractivity contribution in [2.24, 2.45) is 0 Å². The highest BCUT2D eigenvalue weighted by Crippen LogP contribution is 2.27. The van der Waals surface area contributed by atoms with Crippen molar-refractivity contribution in [2.45, 2.75) is 22.7 Å². The summed E-state index contributed by atoms with van der Waals surface area (Å²) in [4.78, 5) is 18.1. The van der Waals surface area contributed by atoms with Crippen molar-refractivity contribution in [1.82, 2.24) is 19.9 Å². The molecule has 0 radical (unpaired) electrons. The van der Waals surface area contributed by atoms with Crippen molar-refractivity contribution in [3.8, 4) is 0 Å². The van der Waals surface area contributed by atoms with E-state index in [1.807, 2.05) is 36.3 Å². The summed E-state index contributed by atoms with van der Waals surface area (Å²) in [7, 11) is 0. The number of aromatic amines is 1. The zero-order chi connectivity index (χ0) is 20.8. The Morgan fingerprint density at radius 2 is 1.80 bits per heavy atom. The number of piperazine rings is 1. The maximum atomic E-state index is 13.1. The quantitative estimate of drug-likeness (QED) is 0.519. The largest absolute Gasteiger partial charge is 0.369 e. The van der Waals surface area contributed by atoms with Crippen LogP contribution in [0.25, 0.3) is 0 Å². The number of imidazole rings is 1. The molecule has 5 nitrogen and oxygen atoms in total. The molecule has 3 aromatic rings. The van der Waals surface area contributed by atoms with Crippen LogP contribution in [0.2, 0.25) is 0 Å². The highest BCUT2D eigenvalue weighted by Gasteiger charge is 2.17. The molecule has 0 bridgehead atoms. The molecule has 158 valence electrons. The molecule has 0 atom stereocenters. The summed E-state index contributed by atoms with van der Waals surface area (Å²) in [5.41, 5.74) is 3.50. The number of benzene rings is 1. The molecule has 0 saturated carbocycles. The number of halogens is 1. The Kier molecular flexibility index (Phi) is 7.30. The Hall–Kier alpha value is -2.03. The van der Waals surface area contributed by atoms with Gasteiger partial charge in [0.05, 0.1) is 5.69 Å². The van der Waals surface area contributed by atoms with Crippen LogP contribution in [0.3, 0.4) is 0 Å². The number of hydrogen-bond acceptors (Lipinski definition) is 6. The molecule has 1 saturated heterocycles. The second-order valence-electron chi connectivity index (χ2n) is 7.22. The number of hydrogen-bond donors (Lipinski definition) is 1. The van der Waals surface area contributed by atoms with Gasteiger partial charge in [0.1, 0.15) is 5.82 Å². The number of nitrogens with one attached hydrogen (secondary N) is 1. The maximum Gasteiger partial charge on any atom is 0.165 e. The molecular formula is C22H26FN5S2. The van der Waals surface area contributed by atoms with Gasteiger partial charge in [-0.05, 0) is 42.8 Å². The highest BCUT2D eigenvalue weighted by atomic mass is 32.2. The van der Waals surface area contributed by atoms with E-state index in [2.05, 4.69) is 37.7 Å². The zero-order valence-electron chi connectivity index (χ0n) is 17.1. The normalized spacial score (nSPS) is 14.9. The SMILES string of the molecule is Cc1c(SCCN2CCN(c3ccc(F)cc3)CC2)ccnc1CSc1ncc[nH]1. The van der Waals surface area contributed by atoms with Gasteiger partial charge in [-0.1, -0.05) is 11.8 Å². The van der Waals surface area contributed by atoms with Gasteiger partial charge in [-0.15, -0.1) is 11.8 Å². The van der Waals surface area contributed by atoms with Gasteiger partial charge in [-0.25, -0.2) is 9.37 Å². The predicted octanol–water partition coefficient (Wildman–Crippen LogP) is 4.46. The van der Waals surface area contributed by atoms with E-state index in [0.29, 0.717) is 0 Å². The lowest BCUT2D eigenvalue weighted by atomic mass is 10.2. The number of H-pyrrole nitrogens is 1. The second kappa shape index (κ2) is 10.3. The Bertz CT molecular complexity index is 925. The zero-order valence-corrected chi connectivity index (χ0v) is 18.7. The van der Waals surface area contributed by atoms with E-state index in [1.165, 1.54) is 22.6 Å². The van der Waals surface area contributed by atoms with Crippen LogP contribution in [0.1, 0.15) is 11.3 Å². The molecule has 0 amide bonds. The van der Waals surface area contributed by atoms with Gasteiger partial charge >= 0.3 is 0 Å². The summed E-state index contributed by atoms with van der Waals surface area (Å²) in [6.07, 6.45) is 5.53. The Balaban J connectivity index is 1.23. The van der Waals surface area contributed by atoms with Crippen LogP contribution in [0.15, 0.2) is 59.0 Å². The van der Waals surface area contributed by atoms with Crippen molar-refractivity contribution >= 4 is 29.2 Å². The molecule has 1 fully saturated rings. The fourth-order valence-electron chi connectivity index (χ4n) is 3.49.